The van der Waals surface area contributed by atoms with E-state index in [0.717, 1.165) is 24.3 Å². The van der Waals surface area contributed by atoms with E-state index in [-0.39, 0.29) is 17.9 Å². The van der Waals surface area contributed by atoms with Gasteiger partial charge in [-0.3, -0.25) is 9.59 Å². The first-order chi connectivity index (χ1) is 14.9. The number of carbonyl (C=O) groups is 2. The number of rotatable bonds is 9. The molecular weight excluding hydrogens is 408 g/mol. The fourth-order valence-electron chi connectivity index (χ4n) is 3.11. The molecule has 2 N–H and O–H groups in total. The van der Waals surface area contributed by atoms with Crippen molar-refractivity contribution in [3.05, 3.63) is 75.7 Å². The second kappa shape index (κ2) is 10.8. The van der Waals surface area contributed by atoms with Crippen LogP contribution in [0.2, 0.25) is 0 Å². The van der Waals surface area contributed by atoms with Crippen LogP contribution in [0.25, 0.3) is 0 Å². The van der Waals surface area contributed by atoms with Gasteiger partial charge in [-0.25, -0.2) is 0 Å². The number of hydrogen-bond acceptors (Lipinski definition) is 5. The van der Waals surface area contributed by atoms with Gasteiger partial charge in [0.25, 0.3) is 11.8 Å². The Morgan fingerprint density at radius 2 is 1.74 bits per heavy atom. The molecule has 0 saturated heterocycles. The molecule has 0 unspecified atom stereocenters. The van der Waals surface area contributed by atoms with E-state index < -0.39 is 0 Å². The Bertz CT molecular complexity index is 1020. The van der Waals surface area contributed by atoms with Crippen molar-refractivity contribution in [1.82, 2.24) is 15.5 Å². The number of nitrogens with one attached hydrogen (secondary N) is 2. The maximum absolute atomic E-state index is 12.6. The predicted molar refractivity (Wildman–Crippen MR) is 125 cm³/mol. The molecule has 0 aliphatic heterocycles. The highest BCUT2D eigenvalue weighted by atomic mass is 32.1. The summed E-state index contributed by atoms with van der Waals surface area (Å²) in [6, 6.07) is 17.2. The molecule has 7 heteroatoms. The topological polar surface area (TPSA) is 84.0 Å². The van der Waals surface area contributed by atoms with Gasteiger partial charge in [0.2, 0.25) is 5.01 Å². The quantitative estimate of drug-likeness (QED) is 0.507. The Kier molecular flexibility index (Phi) is 7.89. The van der Waals surface area contributed by atoms with Crippen molar-refractivity contribution < 1.29 is 9.59 Å². The lowest BCUT2D eigenvalue weighted by molar-refractivity contribution is 0.0937. The smallest absolute Gasteiger partial charge is 0.286 e. The monoisotopic (exact) mass is 436 g/mol. The molecule has 1 heterocycles. The molecule has 0 aliphatic carbocycles. The number of anilines is 1. The highest BCUT2D eigenvalue weighted by Gasteiger charge is 2.15. The largest absolute Gasteiger partial charge is 0.350 e. The van der Waals surface area contributed by atoms with Crippen molar-refractivity contribution in [2.24, 2.45) is 5.92 Å². The average Bonchev–Trinajstić information content (AvgIpc) is 3.21. The van der Waals surface area contributed by atoms with Gasteiger partial charge in [0.1, 0.15) is 5.01 Å². The highest BCUT2D eigenvalue weighted by Crippen LogP contribution is 2.17. The molecule has 3 aromatic rings. The minimum absolute atomic E-state index is 0.0340. The Labute approximate surface area is 187 Å². The third-order valence-corrected chi connectivity index (χ3v) is 5.66. The van der Waals surface area contributed by atoms with Gasteiger partial charge in [0.05, 0.1) is 0 Å². The van der Waals surface area contributed by atoms with Crippen LogP contribution < -0.4 is 10.6 Å². The van der Waals surface area contributed by atoms with Gasteiger partial charge in [-0.05, 0) is 49.4 Å². The first-order valence-corrected chi connectivity index (χ1v) is 11.3. The molecule has 2 aromatic carbocycles. The molecule has 0 fully saturated rings. The highest BCUT2D eigenvalue weighted by molar-refractivity contribution is 7.13. The number of benzene rings is 2. The van der Waals surface area contributed by atoms with E-state index in [1.807, 2.05) is 25.1 Å². The first kappa shape index (κ1) is 22.6. The lowest BCUT2D eigenvalue weighted by Gasteiger charge is -2.14. The molecule has 31 heavy (non-hydrogen) atoms. The van der Waals surface area contributed by atoms with Crippen molar-refractivity contribution in [3.63, 3.8) is 0 Å². The summed E-state index contributed by atoms with van der Waals surface area (Å²) in [5.41, 5.74) is 2.30. The summed E-state index contributed by atoms with van der Waals surface area (Å²) in [4.78, 5) is 25.1. The maximum atomic E-state index is 12.6. The summed E-state index contributed by atoms with van der Waals surface area (Å²) in [6.45, 7) is 6.19. The SMILES string of the molecule is CC(C)Cc1nnc(C(=O)Nc2cccc(C(=O)N[C@H](C)CCc3ccccc3)c2)s1. The van der Waals surface area contributed by atoms with Gasteiger partial charge in [-0.2, -0.15) is 0 Å². The minimum atomic E-state index is -0.318. The molecule has 0 bridgehead atoms. The normalized spacial score (nSPS) is 11.9. The van der Waals surface area contributed by atoms with E-state index in [4.69, 9.17) is 0 Å². The summed E-state index contributed by atoms with van der Waals surface area (Å²) >= 11 is 1.30. The number of aryl methyl sites for hydroxylation is 1. The molecule has 0 spiro atoms. The van der Waals surface area contributed by atoms with Crippen molar-refractivity contribution in [2.45, 2.75) is 46.1 Å². The zero-order valence-corrected chi connectivity index (χ0v) is 18.9. The predicted octanol–water partition coefficient (Wildman–Crippen LogP) is 4.74. The van der Waals surface area contributed by atoms with Crippen LogP contribution in [-0.2, 0) is 12.8 Å². The van der Waals surface area contributed by atoms with E-state index in [1.165, 1.54) is 16.9 Å². The number of carbonyl (C=O) groups excluding carboxylic acids is 2. The number of hydrogen-bond donors (Lipinski definition) is 2. The van der Waals surface area contributed by atoms with Gasteiger partial charge in [-0.15, -0.1) is 10.2 Å². The standard InChI is InChI=1S/C24H28N4O2S/c1-16(2)14-21-27-28-24(31-21)23(30)26-20-11-7-10-19(15-20)22(29)25-17(3)12-13-18-8-5-4-6-9-18/h4-11,15-17H,12-14H2,1-3H3,(H,25,29)(H,26,30)/t17-/m1/s1. The summed E-state index contributed by atoms with van der Waals surface area (Å²) in [5, 5.41) is 15.1. The van der Waals surface area contributed by atoms with Crippen LogP contribution >= 0.6 is 11.3 Å². The van der Waals surface area contributed by atoms with Gasteiger partial charge in [0, 0.05) is 23.7 Å². The van der Waals surface area contributed by atoms with Crippen LogP contribution in [0, 0.1) is 5.92 Å². The van der Waals surface area contributed by atoms with Crippen molar-refractivity contribution in [3.8, 4) is 0 Å². The second-order valence-corrected chi connectivity index (χ2v) is 9.09. The van der Waals surface area contributed by atoms with Crippen LogP contribution in [0.3, 0.4) is 0 Å². The number of nitrogens with zero attached hydrogens (tertiary/aromatic N) is 2. The molecular formula is C24H28N4O2S. The van der Waals surface area contributed by atoms with Crippen molar-refractivity contribution >= 4 is 28.8 Å². The average molecular weight is 437 g/mol. The van der Waals surface area contributed by atoms with E-state index in [1.54, 1.807) is 24.3 Å². The summed E-state index contributed by atoms with van der Waals surface area (Å²) < 4.78 is 0. The third-order valence-electron chi connectivity index (χ3n) is 4.71. The first-order valence-electron chi connectivity index (χ1n) is 10.5. The van der Waals surface area contributed by atoms with E-state index in [9.17, 15) is 9.59 Å². The molecule has 0 saturated carbocycles. The van der Waals surface area contributed by atoms with Gasteiger partial charge < -0.3 is 10.6 Å². The van der Waals surface area contributed by atoms with Crippen LogP contribution in [0.15, 0.2) is 54.6 Å². The Morgan fingerprint density at radius 1 is 0.968 bits per heavy atom. The summed E-state index contributed by atoms with van der Waals surface area (Å²) in [5.74, 6) is -0.0257. The summed E-state index contributed by atoms with van der Waals surface area (Å²) in [7, 11) is 0. The zero-order chi connectivity index (χ0) is 22.2. The number of amides is 2. The second-order valence-electron chi connectivity index (χ2n) is 8.03. The Morgan fingerprint density at radius 3 is 2.48 bits per heavy atom. The minimum Gasteiger partial charge on any atom is -0.350 e. The molecule has 0 radical (unpaired) electrons. The van der Waals surface area contributed by atoms with E-state index in [0.29, 0.717) is 22.2 Å². The molecule has 2 amide bonds. The summed E-state index contributed by atoms with van der Waals surface area (Å²) in [6.07, 6.45) is 2.55. The van der Waals surface area contributed by atoms with Crippen molar-refractivity contribution in [1.29, 1.82) is 0 Å². The number of aromatic nitrogens is 2. The molecule has 3 rings (SSSR count). The van der Waals surface area contributed by atoms with Crippen LogP contribution in [0.4, 0.5) is 5.69 Å². The fraction of sp³-hybridized carbons (Fsp3) is 0.333. The maximum Gasteiger partial charge on any atom is 0.286 e. The lowest BCUT2D eigenvalue weighted by Crippen LogP contribution is -2.32. The van der Waals surface area contributed by atoms with Crippen LogP contribution in [0.5, 0.6) is 0 Å². The molecule has 162 valence electrons. The van der Waals surface area contributed by atoms with E-state index >= 15 is 0 Å². The molecule has 6 nitrogen and oxygen atoms in total. The molecule has 1 atom stereocenters. The lowest BCUT2D eigenvalue weighted by atomic mass is 10.1. The fourth-order valence-corrected chi connectivity index (χ4v) is 4.05. The molecule has 1 aromatic heterocycles. The Balaban J connectivity index is 1.55. The van der Waals surface area contributed by atoms with Gasteiger partial charge in [-0.1, -0.05) is 61.6 Å². The van der Waals surface area contributed by atoms with Crippen LogP contribution in [0.1, 0.15) is 57.9 Å². The van der Waals surface area contributed by atoms with E-state index in [2.05, 4.69) is 46.8 Å². The van der Waals surface area contributed by atoms with Gasteiger partial charge >= 0.3 is 0 Å². The van der Waals surface area contributed by atoms with Crippen molar-refractivity contribution in [2.75, 3.05) is 5.32 Å². The van der Waals surface area contributed by atoms with Gasteiger partial charge in [0.15, 0.2) is 0 Å². The zero-order valence-electron chi connectivity index (χ0n) is 18.1. The third kappa shape index (κ3) is 7.00. The Hall–Kier alpha value is -3.06. The molecule has 0 aliphatic rings. The van der Waals surface area contributed by atoms with Crippen LogP contribution in [-0.4, -0.2) is 28.1 Å².